The van der Waals surface area contributed by atoms with Crippen molar-refractivity contribution in [1.82, 2.24) is 5.32 Å². The smallest absolute Gasteiger partial charge is 0.253 e. The monoisotopic (exact) mass is 300 g/mol. The minimum atomic E-state index is -0.317. The largest absolute Gasteiger partial charge is 0.355 e. The number of aryl methyl sites for hydroxylation is 1. The normalized spacial score (nSPS) is 10.1. The summed E-state index contributed by atoms with van der Waals surface area (Å²) in [5.74, 6) is -0.801. The van der Waals surface area contributed by atoms with Crippen molar-refractivity contribution in [3.63, 3.8) is 0 Å². The highest BCUT2D eigenvalue weighted by molar-refractivity contribution is 6.03. The van der Waals surface area contributed by atoms with Gasteiger partial charge in [0.2, 0.25) is 5.91 Å². The van der Waals surface area contributed by atoms with E-state index in [1.54, 1.807) is 36.4 Å². The van der Waals surface area contributed by atoms with E-state index < -0.39 is 0 Å². The molecule has 0 aliphatic heterocycles. The van der Waals surface area contributed by atoms with Crippen LogP contribution in [0.5, 0.6) is 0 Å². The molecule has 4 nitrogen and oxygen atoms in total. The fourth-order valence-electron chi connectivity index (χ4n) is 2.09. The summed E-state index contributed by atoms with van der Waals surface area (Å²) < 4.78 is 13.1. The zero-order valence-electron chi connectivity index (χ0n) is 12.2. The van der Waals surface area contributed by atoms with Crippen molar-refractivity contribution in [3.05, 3.63) is 65.5 Å². The van der Waals surface area contributed by atoms with Crippen LogP contribution in [-0.2, 0) is 11.2 Å². The van der Waals surface area contributed by atoms with Crippen LogP contribution in [0.1, 0.15) is 22.3 Å². The SMILES string of the molecule is CNC(=O)c1ccccc1NC(=O)CCc1cccc(F)c1. The molecule has 0 aromatic heterocycles. The minimum absolute atomic E-state index is 0.214. The maximum atomic E-state index is 13.1. The van der Waals surface area contributed by atoms with Crippen molar-refractivity contribution in [3.8, 4) is 0 Å². The van der Waals surface area contributed by atoms with Crippen LogP contribution in [0.4, 0.5) is 10.1 Å². The van der Waals surface area contributed by atoms with Crippen molar-refractivity contribution >= 4 is 17.5 Å². The van der Waals surface area contributed by atoms with Crippen LogP contribution in [0.3, 0.4) is 0 Å². The number of anilines is 1. The van der Waals surface area contributed by atoms with Gasteiger partial charge in [-0.05, 0) is 36.2 Å². The van der Waals surface area contributed by atoms with Gasteiger partial charge >= 0.3 is 0 Å². The highest BCUT2D eigenvalue weighted by Gasteiger charge is 2.11. The quantitative estimate of drug-likeness (QED) is 0.892. The zero-order chi connectivity index (χ0) is 15.9. The summed E-state index contributed by atoms with van der Waals surface area (Å²) in [7, 11) is 1.53. The number of amides is 2. The van der Waals surface area contributed by atoms with Gasteiger partial charge in [-0.25, -0.2) is 4.39 Å². The van der Waals surface area contributed by atoms with E-state index in [2.05, 4.69) is 10.6 Å². The maximum absolute atomic E-state index is 13.1. The molecule has 0 bridgehead atoms. The Labute approximate surface area is 128 Å². The maximum Gasteiger partial charge on any atom is 0.253 e. The second-order valence-electron chi connectivity index (χ2n) is 4.80. The van der Waals surface area contributed by atoms with E-state index in [4.69, 9.17) is 0 Å². The average Bonchev–Trinajstić information content (AvgIpc) is 2.53. The molecule has 2 aromatic carbocycles. The van der Waals surface area contributed by atoms with Crippen LogP contribution in [0.15, 0.2) is 48.5 Å². The summed E-state index contributed by atoms with van der Waals surface area (Å²) in [4.78, 5) is 23.7. The Balaban J connectivity index is 1.99. The Hall–Kier alpha value is -2.69. The van der Waals surface area contributed by atoms with Gasteiger partial charge in [0.15, 0.2) is 0 Å². The lowest BCUT2D eigenvalue weighted by molar-refractivity contribution is -0.116. The van der Waals surface area contributed by atoms with Gasteiger partial charge in [-0.2, -0.15) is 0 Å². The molecule has 5 heteroatoms. The summed E-state index contributed by atoms with van der Waals surface area (Å²) >= 11 is 0. The second-order valence-corrected chi connectivity index (χ2v) is 4.80. The number of nitrogens with one attached hydrogen (secondary N) is 2. The Kier molecular flexibility index (Phi) is 5.25. The van der Waals surface area contributed by atoms with E-state index in [0.717, 1.165) is 5.56 Å². The van der Waals surface area contributed by atoms with E-state index in [1.807, 2.05) is 0 Å². The molecule has 0 aliphatic carbocycles. The van der Waals surface area contributed by atoms with E-state index >= 15 is 0 Å². The Morgan fingerprint density at radius 2 is 1.86 bits per heavy atom. The molecular formula is C17H17FN2O2. The van der Waals surface area contributed by atoms with Gasteiger partial charge in [0.25, 0.3) is 5.91 Å². The van der Waals surface area contributed by atoms with Gasteiger partial charge in [-0.3, -0.25) is 9.59 Å². The first-order valence-corrected chi connectivity index (χ1v) is 6.95. The molecule has 0 unspecified atom stereocenters. The Morgan fingerprint density at radius 1 is 1.09 bits per heavy atom. The van der Waals surface area contributed by atoms with E-state index in [-0.39, 0.29) is 24.1 Å². The van der Waals surface area contributed by atoms with Crippen LogP contribution < -0.4 is 10.6 Å². The third-order valence-corrected chi connectivity index (χ3v) is 3.20. The molecule has 2 N–H and O–H groups in total. The lowest BCUT2D eigenvalue weighted by Gasteiger charge is -2.10. The molecule has 0 spiro atoms. The standard InChI is InChI=1S/C17H17FN2O2/c1-19-17(22)14-7-2-3-8-15(14)20-16(21)10-9-12-5-4-6-13(18)11-12/h2-8,11H,9-10H2,1H3,(H,19,22)(H,20,21). The van der Waals surface area contributed by atoms with E-state index in [9.17, 15) is 14.0 Å². The molecule has 0 aliphatic rings. The lowest BCUT2D eigenvalue weighted by Crippen LogP contribution is -2.21. The minimum Gasteiger partial charge on any atom is -0.355 e. The van der Waals surface area contributed by atoms with Crippen molar-refractivity contribution in [2.24, 2.45) is 0 Å². The van der Waals surface area contributed by atoms with Gasteiger partial charge < -0.3 is 10.6 Å². The first kappa shape index (κ1) is 15.7. The number of para-hydroxylation sites is 1. The highest BCUT2D eigenvalue weighted by atomic mass is 19.1. The van der Waals surface area contributed by atoms with Crippen molar-refractivity contribution < 1.29 is 14.0 Å². The summed E-state index contributed by atoms with van der Waals surface area (Å²) in [6, 6.07) is 12.9. The first-order chi connectivity index (χ1) is 10.6. The summed E-state index contributed by atoms with van der Waals surface area (Å²) in [5, 5.41) is 5.24. The average molecular weight is 300 g/mol. The van der Waals surface area contributed by atoms with E-state index in [1.165, 1.54) is 19.2 Å². The van der Waals surface area contributed by atoms with Gasteiger partial charge in [0.1, 0.15) is 5.82 Å². The van der Waals surface area contributed by atoms with Crippen molar-refractivity contribution in [2.75, 3.05) is 12.4 Å². The third kappa shape index (κ3) is 4.15. The van der Waals surface area contributed by atoms with Gasteiger partial charge in [0.05, 0.1) is 11.3 Å². The number of carbonyl (C=O) groups is 2. The summed E-state index contributed by atoms with van der Waals surface area (Å²) in [6.07, 6.45) is 0.650. The Morgan fingerprint density at radius 3 is 2.59 bits per heavy atom. The molecule has 2 amide bonds. The number of hydrogen-bond donors (Lipinski definition) is 2. The molecule has 114 valence electrons. The molecule has 0 saturated carbocycles. The van der Waals surface area contributed by atoms with Crippen LogP contribution in [-0.4, -0.2) is 18.9 Å². The van der Waals surface area contributed by atoms with Crippen LogP contribution >= 0.6 is 0 Å². The number of halogens is 1. The number of benzene rings is 2. The predicted molar refractivity (Wildman–Crippen MR) is 83.2 cm³/mol. The molecule has 0 atom stereocenters. The molecule has 0 fully saturated rings. The fraction of sp³-hybridized carbons (Fsp3) is 0.176. The number of carbonyl (C=O) groups excluding carboxylic acids is 2. The molecule has 2 aromatic rings. The van der Waals surface area contributed by atoms with E-state index in [0.29, 0.717) is 17.7 Å². The van der Waals surface area contributed by atoms with Crippen LogP contribution in [0, 0.1) is 5.82 Å². The fourth-order valence-corrected chi connectivity index (χ4v) is 2.09. The highest BCUT2D eigenvalue weighted by Crippen LogP contribution is 2.15. The molecule has 22 heavy (non-hydrogen) atoms. The first-order valence-electron chi connectivity index (χ1n) is 6.95. The molecule has 0 radical (unpaired) electrons. The van der Waals surface area contributed by atoms with Crippen LogP contribution in [0.2, 0.25) is 0 Å². The molecular weight excluding hydrogens is 283 g/mol. The van der Waals surface area contributed by atoms with Gasteiger partial charge in [-0.1, -0.05) is 24.3 Å². The van der Waals surface area contributed by atoms with Gasteiger partial charge in [0, 0.05) is 13.5 Å². The predicted octanol–water partition coefficient (Wildman–Crippen LogP) is 2.76. The topological polar surface area (TPSA) is 58.2 Å². The summed E-state index contributed by atoms with van der Waals surface area (Å²) in [6.45, 7) is 0. The summed E-state index contributed by atoms with van der Waals surface area (Å²) in [5.41, 5.74) is 1.63. The molecule has 2 rings (SSSR count). The number of hydrogen-bond acceptors (Lipinski definition) is 2. The van der Waals surface area contributed by atoms with Crippen molar-refractivity contribution in [1.29, 1.82) is 0 Å². The molecule has 0 heterocycles. The second kappa shape index (κ2) is 7.36. The lowest BCUT2D eigenvalue weighted by atomic mass is 10.1. The molecule has 0 saturated heterocycles. The van der Waals surface area contributed by atoms with Crippen molar-refractivity contribution in [2.45, 2.75) is 12.8 Å². The zero-order valence-corrected chi connectivity index (χ0v) is 12.2. The van der Waals surface area contributed by atoms with Gasteiger partial charge in [-0.15, -0.1) is 0 Å². The third-order valence-electron chi connectivity index (χ3n) is 3.20. The van der Waals surface area contributed by atoms with Crippen LogP contribution in [0.25, 0.3) is 0 Å². The number of rotatable bonds is 5. The Bertz CT molecular complexity index is 686.